The lowest BCUT2D eigenvalue weighted by Gasteiger charge is -2.42. The fraction of sp³-hybridized carbons (Fsp3) is 0.625. The third-order valence-corrected chi connectivity index (χ3v) is 4.32. The van der Waals surface area contributed by atoms with Crippen LogP contribution >= 0.6 is 0 Å². The highest BCUT2D eigenvalue weighted by atomic mass is 16.5. The van der Waals surface area contributed by atoms with Crippen LogP contribution in [-0.4, -0.2) is 19.3 Å². The Hall–Kier alpha value is -1.10. The van der Waals surface area contributed by atoms with Gasteiger partial charge >= 0.3 is 0 Å². The molecule has 0 aromatic heterocycles. The molecule has 1 atom stereocenters. The van der Waals surface area contributed by atoms with Crippen molar-refractivity contribution in [3.05, 3.63) is 29.8 Å². The molecule has 2 rings (SSSR count). The summed E-state index contributed by atoms with van der Waals surface area (Å²) in [7, 11) is 1.80. The van der Waals surface area contributed by atoms with Crippen molar-refractivity contribution in [2.45, 2.75) is 50.7 Å². The lowest BCUT2D eigenvalue weighted by molar-refractivity contribution is -0.0688. The quantitative estimate of drug-likeness (QED) is 0.620. The Balaban J connectivity index is 2.21. The van der Waals surface area contributed by atoms with Crippen LogP contribution in [0.4, 0.5) is 0 Å². The maximum Gasteiger partial charge on any atom is 0.119 e. The maximum absolute atomic E-state index is 5.89. The molecule has 1 aliphatic rings. The highest BCUT2D eigenvalue weighted by Crippen LogP contribution is 2.41. The van der Waals surface area contributed by atoms with Crippen molar-refractivity contribution in [3.63, 3.8) is 0 Å². The average molecular weight is 278 g/mol. The molecular weight excluding hydrogens is 252 g/mol. The number of methoxy groups -OCH3 is 1. The van der Waals surface area contributed by atoms with E-state index in [0.29, 0.717) is 6.61 Å². The third-order valence-electron chi connectivity index (χ3n) is 4.32. The molecule has 1 saturated carbocycles. The first-order valence-corrected chi connectivity index (χ1v) is 7.50. The van der Waals surface area contributed by atoms with Crippen LogP contribution in [-0.2, 0) is 4.74 Å². The van der Waals surface area contributed by atoms with E-state index in [-0.39, 0.29) is 11.6 Å². The molecule has 20 heavy (non-hydrogen) atoms. The average Bonchev–Trinajstić information content (AvgIpc) is 2.51. The molecule has 3 N–H and O–H groups in total. The van der Waals surface area contributed by atoms with Crippen LogP contribution in [0.3, 0.4) is 0 Å². The van der Waals surface area contributed by atoms with E-state index < -0.39 is 0 Å². The lowest BCUT2D eigenvalue weighted by Crippen LogP contribution is -2.49. The molecule has 0 heterocycles. The van der Waals surface area contributed by atoms with Crippen molar-refractivity contribution in [1.82, 2.24) is 5.43 Å². The molecule has 1 aromatic carbocycles. The van der Waals surface area contributed by atoms with Crippen molar-refractivity contribution in [3.8, 4) is 5.75 Å². The Morgan fingerprint density at radius 2 is 1.85 bits per heavy atom. The Morgan fingerprint density at radius 1 is 1.20 bits per heavy atom. The SMILES string of the molecule is CCOc1ccc(C(NN)C2(OC)CCCCC2)cc1. The number of benzene rings is 1. The van der Waals surface area contributed by atoms with Crippen LogP contribution in [0.1, 0.15) is 50.6 Å². The molecule has 4 heteroatoms. The Bertz CT molecular complexity index is 399. The van der Waals surface area contributed by atoms with Gasteiger partial charge < -0.3 is 9.47 Å². The van der Waals surface area contributed by atoms with Gasteiger partial charge in [0.25, 0.3) is 0 Å². The van der Waals surface area contributed by atoms with Crippen LogP contribution in [0, 0.1) is 0 Å². The number of ether oxygens (including phenoxy) is 2. The van der Waals surface area contributed by atoms with E-state index >= 15 is 0 Å². The minimum absolute atomic E-state index is 0.0171. The maximum atomic E-state index is 5.89. The molecule has 0 amide bonds. The fourth-order valence-corrected chi connectivity index (χ4v) is 3.24. The minimum Gasteiger partial charge on any atom is -0.494 e. The summed E-state index contributed by atoms with van der Waals surface area (Å²) in [6, 6.07) is 8.16. The Kier molecular flexibility index (Phi) is 5.40. The summed E-state index contributed by atoms with van der Waals surface area (Å²) >= 11 is 0. The largest absolute Gasteiger partial charge is 0.494 e. The molecule has 0 radical (unpaired) electrons. The molecular formula is C16H26N2O2. The number of hydrogen-bond donors (Lipinski definition) is 2. The molecule has 0 bridgehead atoms. The van der Waals surface area contributed by atoms with Gasteiger partial charge in [-0.2, -0.15) is 0 Å². The standard InChI is InChI=1S/C16H26N2O2/c1-3-20-14-9-7-13(8-10-14)15(18-17)16(19-2)11-5-4-6-12-16/h7-10,15,18H,3-6,11-12,17H2,1-2H3. The Labute approximate surface area is 121 Å². The van der Waals surface area contributed by atoms with Gasteiger partial charge in [0.05, 0.1) is 18.2 Å². The topological polar surface area (TPSA) is 56.5 Å². The lowest BCUT2D eigenvalue weighted by atomic mass is 9.77. The van der Waals surface area contributed by atoms with E-state index in [2.05, 4.69) is 17.6 Å². The summed E-state index contributed by atoms with van der Waals surface area (Å²) < 4.78 is 11.4. The summed E-state index contributed by atoms with van der Waals surface area (Å²) in [6.07, 6.45) is 5.77. The van der Waals surface area contributed by atoms with Crippen LogP contribution in [0.5, 0.6) is 5.75 Å². The first kappa shape index (κ1) is 15.3. The van der Waals surface area contributed by atoms with E-state index in [1.165, 1.54) is 19.3 Å². The van der Waals surface area contributed by atoms with Crippen molar-refractivity contribution in [2.24, 2.45) is 5.84 Å². The molecule has 112 valence electrons. The summed E-state index contributed by atoms with van der Waals surface area (Å²) in [5.41, 5.74) is 3.92. The molecule has 0 spiro atoms. The second-order valence-electron chi connectivity index (χ2n) is 5.43. The van der Waals surface area contributed by atoms with E-state index in [1.807, 2.05) is 19.1 Å². The first-order valence-electron chi connectivity index (χ1n) is 7.50. The first-order chi connectivity index (χ1) is 9.75. The van der Waals surface area contributed by atoms with Crippen molar-refractivity contribution < 1.29 is 9.47 Å². The zero-order chi connectivity index (χ0) is 14.4. The van der Waals surface area contributed by atoms with Gasteiger partial charge in [0.1, 0.15) is 5.75 Å². The van der Waals surface area contributed by atoms with Gasteiger partial charge in [0.15, 0.2) is 0 Å². The molecule has 1 fully saturated rings. The van der Waals surface area contributed by atoms with Gasteiger partial charge in [-0.25, -0.2) is 0 Å². The number of hydrogen-bond acceptors (Lipinski definition) is 4. The van der Waals surface area contributed by atoms with Crippen molar-refractivity contribution in [1.29, 1.82) is 0 Å². The smallest absolute Gasteiger partial charge is 0.119 e. The normalized spacial score (nSPS) is 19.6. The fourth-order valence-electron chi connectivity index (χ4n) is 3.24. The third kappa shape index (κ3) is 3.14. The van der Waals surface area contributed by atoms with E-state index in [0.717, 1.165) is 24.2 Å². The summed E-state index contributed by atoms with van der Waals surface area (Å²) in [5.74, 6) is 6.72. The van der Waals surface area contributed by atoms with Crippen LogP contribution < -0.4 is 16.0 Å². The summed E-state index contributed by atoms with van der Waals surface area (Å²) in [4.78, 5) is 0. The monoisotopic (exact) mass is 278 g/mol. The summed E-state index contributed by atoms with van der Waals surface area (Å²) in [6.45, 7) is 2.67. The summed E-state index contributed by atoms with van der Waals surface area (Å²) in [5, 5.41) is 0. The molecule has 1 unspecified atom stereocenters. The second kappa shape index (κ2) is 7.07. The van der Waals surface area contributed by atoms with E-state index in [4.69, 9.17) is 15.3 Å². The highest BCUT2D eigenvalue weighted by Gasteiger charge is 2.40. The molecule has 0 aliphatic heterocycles. The predicted octanol–water partition coefficient (Wildman–Crippen LogP) is 2.94. The minimum atomic E-state index is -0.194. The van der Waals surface area contributed by atoms with Gasteiger partial charge in [-0.05, 0) is 37.5 Å². The Morgan fingerprint density at radius 3 is 2.35 bits per heavy atom. The van der Waals surface area contributed by atoms with Gasteiger partial charge in [-0.1, -0.05) is 31.4 Å². The molecule has 4 nitrogen and oxygen atoms in total. The van der Waals surface area contributed by atoms with Crippen LogP contribution in [0.25, 0.3) is 0 Å². The van der Waals surface area contributed by atoms with Gasteiger partial charge in [0, 0.05) is 7.11 Å². The number of nitrogens with one attached hydrogen (secondary N) is 1. The number of hydrazine groups is 1. The number of rotatable bonds is 6. The molecule has 1 aromatic rings. The zero-order valence-corrected chi connectivity index (χ0v) is 12.5. The highest BCUT2D eigenvalue weighted by molar-refractivity contribution is 5.31. The predicted molar refractivity (Wildman–Crippen MR) is 80.5 cm³/mol. The van der Waals surface area contributed by atoms with E-state index in [9.17, 15) is 0 Å². The van der Waals surface area contributed by atoms with Crippen molar-refractivity contribution in [2.75, 3.05) is 13.7 Å². The van der Waals surface area contributed by atoms with Crippen LogP contribution in [0.2, 0.25) is 0 Å². The second-order valence-corrected chi connectivity index (χ2v) is 5.43. The van der Waals surface area contributed by atoms with Crippen molar-refractivity contribution >= 4 is 0 Å². The molecule has 1 aliphatic carbocycles. The van der Waals surface area contributed by atoms with Gasteiger partial charge in [0.2, 0.25) is 0 Å². The van der Waals surface area contributed by atoms with Crippen LogP contribution in [0.15, 0.2) is 24.3 Å². The zero-order valence-electron chi connectivity index (χ0n) is 12.5. The van der Waals surface area contributed by atoms with Gasteiger partial charge in [-0.3, -0.25) is 11.3 Å². The molecule has 0 saturated heterocycles. The van der Waals surface area contributed by atoms with E-state index in [1.54, 1.807) is 7.11 Å². The van der Waals surface area contributed by atoms with Gasteiger partial charge in [-0.15, -0.1) is 0 Å². The number of nitrogens with two attached hydrogens (primary N) is 1.